The fraction of sp³-hybridized carbons (Fsp3) is 0.562. The average molecular weight is 363 g/mol. The Labute approximate surface area is 148 Å². The van der Waals surface area contributed by atoms with Gasteiger partial charge in [-0.05, 0) is 31.4 Å². The van der Waals surface area contributed by atoms with Gasteiger partial charge in [-0.25, -0.2) is 0 Å². The first kappa shape index (κ1) is 20.0. The molecule has 0 saturated heterocycles. The van der Waals surface area contributed by atoms with Gasteiger partial charge in [-0.3, -0.25) is 4.79 Å². The van der Waals surface area contributed by atoms with Gasteiger partial charge < -0.3 is 20.5 Å². The second-order valence-electron chi connectivity index (χ2n) is 5.79. The Morgan fingerprint density at radius 1 is 1.43 bits per heavy atom. The molecule has 0 spiro atoms. The third-order valence-electron chi connectivity index (χ3n) is 4.03. The molecule has 0 unspecified atom stereocenters. The minimum atomic E-state index is -0.564. The zero-order valence-corrected chi connectivity index (χ0v) is 14.7. The van der Waals surface area contributed by atoms with Gasteiger partial charge in [0.25, 0.3) is 0 Å². The summed E-state index contributed by atoms with van der Waals surface area (Å²) in [5, 5.41) is 10.2. The van der Waals surface area contributed by atoms with Crippen LogP contribution in [0, 0.1) is 5.92 Å². The lowest BCUT2D eigenvalue weighted by Gasteiger charge is -2.21. The van der Waals surface area contributed by atoms with Gasteiger partial charge in [0.15, 0.2) is 0 Å². The molecule has 130 valence electrons. The average Bonchev–Trinajstić information content (AvgIpc) is 2.84. The van der Waals surface area contributed by atoms with Crippen molar-refractivity contribution in [2.24, 2.45) is 11.7 Å². The zero-order chi connectivity index (χ0) is 16.1. The van der Waals surface area contributed by atoms with Crippen molar-refractivity contribution in [3.05, 3.63) is 29.3 Å². The summed E-state index contributed by atoms with van der Waals surface area (Å²) in [5.74, 6) is 0.535. The smallest absolute Gasteiger partial charge is 0.225 e. The highest BCUT2D eigenvalue weighted by Gasteiger charge is 2.35. The van der Waals surface area contributed by atoms with Crippen molar-refractivity contribution >= 4 is 29.9 Å². The molecule has 0 aliphatic heterocycles. The standard InChI is InChI=1S/C16H23ClN2O3.ClH/c1-19(16(21)11-9-13(18)14(20)10-11)7-4-8-22-15-6-3-2-5-12(15)17;/h2-3,5-6,11,13-14,20H,4,7-10,18H2,1H3;1H/t11-,13+,14+;/m0./s1. The maximum atomic E-state index is 12.3. The molecule has 0 heterocycles. The molecule has 0 radical (unpaired) electrons. The molecule has 5 nitrogen and oxygen atoms in total. The Morgan fingerprint density at radius 3 is 2.74 bits per heavy atom. The molecule has 1 aliphatic rings. The first-order chi connectivity index (χ1) is 10.5. The number of benzene rings is 1. The first-order valence-electron chi connectivity index (χ1n) is 7.55. The molecule has 1 amide bonds. The molecule has 1 fully saturated rings. The van der Waals surface area contributed by atoms with Crippen LogP contribution in [0.2, 0.25) is 5.02 Å². The molecule has 7 heteroatoms. The molecule has 1 saturated carbocycles. The van der Waals surface area contributed by atoms with E-state index in [2.05, 4.69) is 0 Å². The maximum Gasteiger partial charge on any atom is 0.225 e. The van der Waals surface area contributed by atoms with Crippen LogP contribution in [-0.4, -0.2) is 48.3 Å². The van der Waals surface area contributed by atoms with Crippen molar-refractivity contribution < 1.29 is 14.6 Å². The molecular formula is C16H24Cl2N2O3. The van der Waals surface area contributed by atoms with Crippen LogP contribution in [-0.2, 0) is 4.79 Å². The van der Waals surface area contributed by atoms with Crippen molar-refractivity contribution in [2.75, 3.05) is 20.2 Å². The quantitative estimate of drug-likeness (QED) is 0.759. The number of para-hydroxylation sites is 1. The molecule has 1 aliphatic carbocycles. The van der Waals surface area contributed by atoms with E-state index in [4.69, 9.17) is 22.1 Å². The van der Waals surface area contributed by atoms with Crippen LogP contribution in [0.4, 0.5) is 0 Å². The van der Waals surface area contributed by atoms with Gasteiger partial charge in [0.2, 0.25) is 5.91 Å². The summed E-state index contributed by atoms with van der Waals surface area (Å²) < 4.78 is 5.60. The van der Waals surface area contributed by atoms with E-state index < -0.39 is 6.10 Å². The summed E-state index contributed by atoms with van der Waals surface area (Å²) in [6.45, 7) is 1.10. The molecule has 2 rings (SSSR count). The topological polar surface area (TPSA) is 75.8 Å². The number of carbonyl (C=O) groups is 1. The lowest BCUT2D eigenvalue weighted by Crippen LogP contribution is -2.34. The van der Waals surface area contributed by atoms with Gasteiger partial charge in [-0.15, -0.1) is 12.4 Å². The maximum absolute atomic E-state index is 12.3. The molecule has 3 N–H and O–H groups in total. The Bertz CT molecular complexity index is 506. The number of hydrogen-bond donors (Lipinski definition) is 2. The largest absolute Gasteiger partial charge is 0.492 e. The van der Waals surface area contributed by atoms with Crippen molar-refractivity contribution in [3.8, 4) is 5.75 Å². The van der Waals surface area contributed by atoms with Crippen molar-refractivity contribution in [1.29, 1.82) is 0 Å². The summed E-state index contributed by atoms with van der Waals surface area (Å²) >= 11 is 6.00. The minimum Gasteiger partial charge on any atom is -0.492 e. The van der Waals surface area contributed by atoms with Gasteiger partial charge in [-0.1, -0.05) is 23.7 Å². The number of rotatable bonds is 6. The van der Waals surface area contributed by atoms with E-state index in [1.807, 2.05) is 18.2 Å². The normalized spacial score (nSPS) is 23.2. The minimum absolute atomic E-state index is 0. The van der Waals surface area contributed by atoms with E-state index >= 15 is 0 Å². The van der Waals surface area contributed by atoms with E-state index in [1.165, 1.54) is 0 Å². The summed E-state index contributed by atoms with van der Waals surface area (Å²) in [7, 11) is 1.77. The van der Waals surface area contributed by atoms with E-state index in [0.29, 0.717) is 36.8 Å². The molecule has 0 aromatic heterocycles. The highest BCUT2D eigenvalue weighted by atomic mass is 35.5. The number of carbonyl (C=O) groups excluding carboxylic acids is 1. The number of aliphatic hydroxyl groups excluding tert-OH is 1. The van der Waals surface area contributed by atoms with E-state index in [9.17, 15) is 9.90 Å². The Morgan fingerprint density at radius 2 is 2.13 bits per heavy atom. The number of hydrogen-bond acceptors (Lipinski definition) is 4. The van der Waals surface area contributed by atoms with Gasteiger partial charge in [0, 0.05) is 25.6 Å². The van der Waals surface area contributed by atoms with Crippen LogP contribution < -0.4 is 10.5 Å². The third-order valence-corrected chi connectivity index (χ3v) is 4.35. The van der Waals surface area contributed by atoms with Crippen molar-refractivity contribution in [1.82, 2.24) is 4.90 Å². The van der Waals surface area contributed by atoms with E-state index in [-0.39, 0.29) is 30.3 Å². The molecule has 0 bridgehead atoms. The lowest BCUT2D eigenvalue weighted by atomic mass is 10.1. The van der Waals surface area contributed by atoms with Crippen LogP contribution >= 0.6 is 24.0 Å². The Balaban J connectivity index is 0.00000264. The van der Waals surface area contributed by atoms with Crippen LogP contribution in [0.25, 0.3) is 0 Å². The van der Waals surface area contributed by atoms with Gasteiger partial charge in [-0.2, -0.15) is 0 Å². The van der Waals surface area contributed by atoms with E-state index in [1.54, 1.807) is 18.0 Å². The number of nitrogens with two attached hydrogens (primary N) is 1. The van der Waals surface area contributed by atoms with Crippen LogP contribution in [0.3, 0.4) is 0 Å². The highest BCUT2D eigenvalue weighted by molar-refractivity contribution is 6.32. The second kappa shape index (κ2) is 9.33. The zero-order valence-electron chi connectivity index (χ0n) is 13.2. The second-order valence-corrected chi connectivity index (χ2v) is 6.20. The predicted molar refractivity (Wildman–Crippen MR) is 93.2 cm³/mol. The third kappa shape index (κ3) is 5.53. The Hall–Kier alpha value is -1.01. The van der Waals surface area contributed by atoms with Crippen molar-refractivity contribution in [2.45, 2.75) is 31.4 Å². The van der Waals surface area contributed by atoms with Gasteiger partial charge >= 0.3 is 0 Å². The summed E-state index contributed by atoms with van der Waals surface area (Å²) in [5.41, 5.74) is 5.75. The summed E-state index contributed by atoms with van der Waals surface area (Å²) in [6, 6.07) is 7.03. The molecule has 3 atom stereocenters. The Kier molecular flexibility index (Phi) is 8.12. The van der Waals surface area contributed by atoms with Crippen molar-refractivity contribution in [3.63, 3.8) is 0 Å². The first-order valence-corrected chi connectivity index (χ1v) is 7.92. The SMILES string of the molecule is CN(CCCOc1ccccc1Cl)C(=O)[C@H]1C[C@@H](N)[C@H](O)C1.Cl. The van der Waals surface area contributed by atoms with Crippen LogP contribution in [0.5, 0.6) is 5.75 Å². The highest BCUT2D eigenvalue weighted by Crippen LogP contribution is 2.26. The number of nitrogens with zero attached hydrogens (tertiary/aromatic N) is 1. The number of halogens is 2. The summed E-state index contributed by atoms with van der Waals surface area (Å²) in [4.78, 5) is 13.9. The molecular weight excluding hydrogens is 339 g/mol. The number of amides is 1. The fourth-order valence-electron chi connectivity index (χ4n) is 2.72. The molecule has 1 aromatic rings. The van der Waals surface area contributed by atoms with E-state index in [0.717, 1.165) is 6.42 Å². The van der Waals surface area contributed by atoms with Gasteiger partial charge in [0.1, 0.15) is 5.75 Å². The summed E-state index contributed by atoms with van der Waals surface area (Å²) in [6.07, 6.45) is 1.17. The number of ether oxygens (including phenoxy) is 1. The fourth-order valence-corrected chi connectivity index (χ4v) is 2.91. The van der Waals surface area contributed by atoms with Crippen LogP contribution in [0.1, 0.15) is 19.3 Å². The molecule has 1 aromatic carbocycles. The number of aliphatic hydroxyl groups is 1. The molecule has 23 heavy (non-hydrogen) atoms. The lowest BCUT2D eigenvalue weighted by molar-refractivity contribution is -0.134. The monoisotopic (exact) mass is 362 g/mol. The van der Waals surface area contributed by atoms with Crippen LogP contribution in [0.15, 0.2) is 24.3 Å². The predicted octanol–water partition coefficient (Wildman–Crippen LogP) is 2.09. The van der Waals surface area contributed by atoms with Gasteiger partial charge in [0.05, 0.1) is 17.7 Å².